The first kappa shape index (κ1) is 23.3. The number of nitrogens with zero attached hydrogens (tertiary/aromatic N) is 3. The normalized spacial score (nSPS) is 20.0. The van der Waals surface area contributed by atoms with Crippen molar-refractivity contribution >= 4 is 17.7 Å². The predicted molar refractivity (Wildman–Crippen MR) is 121 cm³/mol. The molecule has 0 N–H and O–H groups in total. The quantitative estimate of drug-likeness (QED) is 0.726. The maximum atomic E-state index is 13.1. The maximum absolute atomic E-state index is 13.1. The lowest BCUT2D eigenvalue weighted by atomic mass is 9.90. The Hall–Kier alpha value is -2.37. The fraction of sp³-hybridized carbons (Fsp3) is 0.640. The first-order valence-corrected chi connectivity index (χ1v) is 11.7. The molecular weight excluding hydrogens is 390 g/mol. The highest BCUT2D eigenvalue weighted by atomic mass is 16.2. The molecule has 3 rings (SSSR count). The zero-order valence-electron chi connectivity index (χ0n) is 19.3. The third-order valence-electron chi connectivity index (χ3n) is 6.34. The van der Waals surface area contributed by atoms with Crippen LogP contribution >= 0.6 is 0 Å². The van der Waals surface area contributed by atoms with Gasteiger partial charge in [-0.15, -0.1) is 0 Å². The third kappa shape index (κ3) is 6.31. The van der Waals surface area contributed by atoms with Gasteiger partial charge in [0.05, 0.1) is 5.92 Å². The molecule has 170 valence electrons. The Balaban J connectivity index is 1.42. The maximum Gasteiger partial charge on any atom is 0.227 e. The number of carbonyl (C=O) groups excluding carboxylic acids is 3. The Bertz CT molecular complexity index is 764. The van der Waals surface area contributed by atoms with Crippen LogP contribution in [0, 0.1) is 11.3 Å². The van der Waals surface area contributed by atoms with Crippen LogP contribution in [0.1, 0.15) is 52.0 Å². The van der Waals surface area contributed by atoms with Crippen LogP contribution in [0.5, 0.6) is 0 Å². The van der Waals surface area contributed by atoms with Gasteiger partial charge in [0.25, 0.3) is 0 Å². The molecule has 31 heavy (non-hydrogen) atoms. The number of likely N-dealkylation sites (tertiary alicyclic amines) is 1. The summed E-state index contributed by atoms with van der Waals surface area (Å²) in [4.78, 5) is 43.9. The van der Waals surface area contributed by atoms with Gasteiger partial charge in [0.15, 0.2) is 0 Å². The standard InChI is InChI=1S/C25H37N3O3/c1-25(2,3)24(31)28-14-8-12-21(19-28)23(30)27-17-15-26(16-18-27)22(29)13-7-11-20-9-5-4-6-10-20/h4-6,9-10,21H,7-8,11-19H2,1-3H3. The fourth-order valence-electron chi connectivity index (χ4n) is 4.52. The summed E-state index contributed by atoms with van der Waals surface area (Å²) in [6.45, 7) is 9.43. The minimum Gasteiger partial charge on any atom is -0.341 e. The number of amides is 3. The molecule has 0 aliphatic carbocycles. The van der Waals surface area contributed by atoms with Crippen molar-refractivity contribution in [2.45, 2.75) is 52.9 Å². The molecule has 0 aromatic heterocycles. The van der Waals surface area contributed by atoms with Gasteiger partial charge in [-0.05, 0) is 31.2 Å². The van der Waals surface area contributed by atoms with Crippen molar-refractivity contribution in [3.8, 4) is 0 Å². The Morgan fingerprint density at radius 3 is 2.19 bits per heavy atom. The van der Waals surface area contributed by atoms with Crippen LogP contribution < -0.4 is 0 Å². The highest BCUT2D eigenvalue weighted by molar-refractivity contribution is 5.84. The highest BCUT2D eigenvalue weighted by Gasteiger charge is 2.35. The van der Waals surface area contributed by atoms with Gasteiger partial charge in [-0.25, -0.2) is 0 Å². The topological polar surface area (TPSA) is 60.9 Å². The molecule has 0 bridgehead atoms. The first-order chi connectivity index (χ1) is 14.8. The van der Waals surface area contributed by atoms with Crippen LogP contribution in [0.3, 0.4) is 0 Å². The summed E-state index contributed by atoms with van der Waals surface area (Å²) >= 11 is 0. The van der Waals surface area contributed by atoms with Gasteiger partial charge in [-0.1, -0.05) is 51.1 Å². The molecular formula is C25H37N3O3. The lowest BCUT2D eigenvalue weighted by Crippen LogP contribution is -2.54. The summed E-state index contributed by atoms with van der Waals surface area (Å²) < 4.78 is 0. The largest absolute Gasteiger partial charge is 0.341 e. The van der Waals surface area contributed by atoms with Gasteiger partial charge in [0.2, 0.25) is 17.7 Å². The molecule has 0 radical (unpaired) electrons. The molecule has 2 aliphatic rings. The van der Waals surface area contributed by atoms with Crippen LogP contribution in [0.15, 0.2) is 30.3 Å². The van der Waals surface area contributed by atoms with Gasteiger partial charge in [0, 0.05) is 51.1 Å². The first-order valence-electron chi connectivity index (χ1n) is 11.7. The van der Waals surface area contributed by atoms with E-state index in [-0.39, 0.29) is 23.6 Å². The molecule has 1 unspecified atom stereocenters. The van der Waals surface area contributed by atoms with Crippen molar-refractivity contribution in [1.29, 1.82) is 0 Å². The van der Waals surface area contributed by atoms with E-state index in [2.05, 4.69) is 12.1 Å². The minimum atomic E-state index is -0.419. The fourth-order valence-corrected chi connectivity index (χ4v) is 4.52. The van der Waals surface area contributed by atoms with Gasteiger partial charge < -0.3 is 14.7 Å². The second kappa shape index (κ2) is 10.3. The summed E-state index contributed by atoms with van der Waals surface area (Å²) in [5.74, 6) is 0.328. The van der Waals surface area contributed by atoms with Gasteiger partial charge in [-0.2, -0.15) is 0 Å². The molecule has 1 atom stereocenters. The summed E-state index contributed by atoms with van der Waals surface area (Å²) in [5.41, 5.74) is 0.842. The van der Waals surface area contributed by atoms with Crippen LogP contribution in [0.4, 0.5) is 0 Å². The van der Waals surface area contributed by atoms with Crippen LogP contribution in [-0.4, -0.2) is 71.7 Å². The molecule has 0 saturated carbocycles. The predicted octanol–water partition coefficient (Wildman–Crippen LogP) is 2.96. The average Bonchev–Trinajstić information content (AvgIpc) is 2.78. The van der Waals surface area contributed by atoms with E-state index in [1.165, 1.54) is 5.56 Å². The molecule has 0 spiro atoms. The zero-order valence-corrected chi connectivity index (χ0v) is 19.3. The summed E-state index contributed by atoms with van der Waals surface area (Å²) in [5, 5.41) is 0. The SMILES string of the molecule is CC(C)(C)C(=O)N1CCCC(C(=O)N2CCN(C(=O)CCCc3ccccc3)CC2)C1. The Kier molecular flexibility index (Phi) is 7.74. The smallest absolute Gasteiger partial charge is 0.227 e. The highest BCUT2D eigenvalue weighted by Crippen LogP contribution is 2.25. The Morgan fingerprint density at radius 2 is 1.55 bits per heavy atom. The van der Waals surface area contributed by atoms with E-state index in [4.69, 9.17) is 0 Å². The van der Waals surface area contributed by atoms with Crippen molar-refractivity contribution in [2.75, 3.05) is 39.3 Å². The van der Waals surface area contributed by atoms with Gasteiger partial charge >= 0.3 is 0 Å². The molecule has 2 saturated heterocycles. The second-order valence-electron chi connectivity index (χ2n) is 9.89. The lowest BCUT2D eigenvalue weighted by Gasteiger charge is -2.40. The molecule has 6 nitrogen and oxygen atoms in total. The molecule has 3 amide bonds. The molecule has 2 aliphatic heterocycles. The van der Waals surface area contributed by atoms with E-state index in [1.54, 1.807) is 0 Å². The van der Waals surface area contributed by atoms with E-state index in [0.717, 1.165) is 32.2 Å². The molecule has 1 aromatic rings. The van der Waals surface area contributed by atoms with Crippen LogP contribution in [-0.2, 0) is 20.8 Å². The van der Waals surface area contributed by atoms with E-state index >= 15 is 0 Å². The van der Waals surface area contributed by atoms with Crippen molar-refractivity contribution < 1.29 is 14.4 Å². The van der Waals surface area contributed by atoms with Gasteiger partial charge in [0.1, 0.15) is 0 Å². The van der Waals surface area contributed by atoms with E-state index in [0.29, 0.717) is 39.1 Å². The average molecular weight is 428 g/mol. The minimum absolute atomic E-state index is 0.117. The Labute approximate surface area is 186 Å². The van der Waals surface area contributed by atoms with Crippen molar-refractivity contribution in [3.63, 3.8) is 0 Å². The van der Waals surface area contributed by atoms with Crippen LogP contribution in [0.25, 0.3) is 0 Å². The lowest BCUT2D eigenvalue weighted by molar-refractivity contribution is -0.147. The third-order valence-corrected chi connectivity index (χ3v) is 6.34. The number of benzene rings is 1. The van der Waals surface area contributed by atoms with Crippen molar-refractivity contribution in [1.82, 2.24) is 14.7 Å². The number of hydrogen-bond donors (Lipinski definition) is 0. The number of piperazine rings is 1. The molecule has 1 aromatic carbocycles. The molecule has 2 fully saturated rings. The summed E-state index contributed by atoms with van der Waals surface area (Å²) in [6.07, 6.45) is 4.02. The zero-order chi connectivity index (χ0) is 22.4. The van der Waals surface area contributed by atoms with Crippen molar-refractivity contribution in [2.24, 2.45) is 11.3 Å². The van der Waals surface area contributed by atoms with Crippen molar-refractivity contribution in [3.05, 3.63) is 35.9 Å². The monoisotopic (exact) mass is 427 g/mol. The second-order valence-corrected chi connectivity index (χ2v) is 9.89. The number of carbonyl (C=O) groups is 3. The van der Waals surface area contributed by atoms with E-state index in [9.17, 15) is 14.4 Å². The van der Waals surface area contributed by atoms with E-state index in [1.807, 2.05) is 53.7 Å². The number of piperidine rings is 1. The number of aryl methyl sites for hydroxylation is 1. The summed E-state index contributed by atoms with van der Waals surface area (Å²) in [6, 6.07) is 10.2. The van der Waals surface area contributed by atoms with Gasteiger partial charge in [-0.3, -0.25) is 14.4 Å². The number of hydrogen-bond acceptors (Lipinski definition) is 3. The van der Waals surface area contributed by atoms with Crippen LogP contribution in [0.2, 0.25) is 0 Å². The number of rotatable bonds is 5. The Morgan fingerprint density at radius 1 is 0.903 bits per heavy atom. The molecule has 2 heterocycles. The van der Waals surface area contributed by atoms with E-state index < -0.39 is 5.41 Å². The molecule has 6 heteroatoms. The summed E-state index contributed by atoms with van der Waals surface area (Å²) in [7, 11) is 0.